The number of anilines is 1. The molecule has 0 unspecified atom stereocenters. The highest BCUT2D eigenvalue weighted by atomic mass is 35.5. The Morgan fingerprint density at radius 3 is 2.71 bits per heavy atom. The summed E-state index contributed by atoms with van der Waals surface area (Å²) in [6, 6.07) is 1.57. The third-order valence-electron chi connectivity index (χ3n) is 2.37. The highest BCUT2D eigenvalue weighted by Crippen LogP contribution is 2.30. The lowest BCUT2D eigenvalue weighted by Gasteiger charge is -2.07. The Kier molecular flexibility index (Phi) is 4.39. The Morgan fingerprint density at radius 2 is 2.12 bits per heavy atom. The van der Waals surface area contributed by atoms with Gasteiger partial charge in [0.1, 0.15) is 0 Å². The summed E-state index contributed by atoms with van der Waals surface area (Å²) in [4.78, 5) is 23.0. The van der Waals surface area contributed by atoms with E-state index >= 15 is 0 Å². The van der Waals surface area contributed by atoms with Crippen molar-refractivity contribution >= 4 is 29.9 Å². The molecule has 1 aromatic heterocycles. The van der Waals surface area contributed by atoms with E-state index in [0.717, 1.165) is 12.8 Å². The van der Waals surface area contributed by atoms with Crippen LogP contribution in [0.15, 0.2) is 12.3 Å². The minimum atomic E-state index is -0.362. The summed E-state index contributed by atoms with van der Waals surface area (Å²) in [5.74, 6) is -0.331. The van der Waals surface area contributed by atoms with Crippen LogP contribution in [-0.4, -0.2) is 29.1 Å². The highest BCUT2D eigenvalue weighted by molar-refractivity contribution is 6.02. The molecule has 0 atom stereocenters. The van der Waals surface area contributed by atoms with Gasteiger partial charge in [0.25, 0.3) is 5.91 Å². The summed E-state index contributed by atoms with van der Waals surface area (Å²) < 4.78 is 0. The molecule has 1 aliphatic carbocycles. The number of hydrogen-bond acceptors (Lipinski definition) is 4. The summed E-state index contributed by atoms with van der Waals surface area (Å²) in [7, 11) is 1.50. The fourth-order valence-corrected chi connectivity index (χ4v) is 1.30. The molecule has 2 rings (SSSR count). The van der Waals surface area contributed by atoms with Crippen molar-refractivity contribution in [2.45, 2.75) is 12.8 Å². The predicted molar refractivity (Wildman–Crippen MR) is 64.0 cm³/mol. The maximum atomic E-state index is 11.5. The molecule has 0 radical (unpaired) electrons. The van der Waals surface area contributed by atoms with Crippen molar-refractivity contribution in [3.05, 3.63) is 18.0 Å². The monoisotopic (exact) mass is 256 g/mol. The van der Waals surface area contributed by atoms with Crippen LogP contribution >= 0.6 is 12.4 Å². The van der Waals surface area contributed by atoms with Gasteiger partial charge in [-0.25, -0.2) is 0 Å². The molecule has 0 aliphatic heterocycles. The van der Waals surface area contributed by atoms with Crippen LogP contribution in [0, 0.1) is 5.92 Å². The molecular formula is C10H13ClN4O2. The molecule has 1 heterocycles. The number of amides is 2. The second-order valence-corrected chi connectivity index (χ2v) is 3.64. The largest absolute Gasteiger partial charge is 0.354 e. The third kappa shape index (κ3) is 3.13. The molecule has 0 bridgehead atoms. The molecule has 1 saturated carbocycles. The van der Waals surface area contributed by atoms with Crippen LogP contribution in [0.3, 0.4) is 0 Å². The zero-order chi connectivity index (χ0) is 11.5. The number of aromatic nitrogens is 2. The van der Waals surface area contributed by atoms with Gasteiger partial charge < -0.3 is 10.6 Å². The van der Waals surface area contributed by atoms with Crippen molar-refractivity contribution in [2.75, 3.05) is 12.4 Å². The van der Waals surface area contributed by atoms with E-state index in [1.54, 1.807) is 6.07 Å². The fourth-order valence-electron chi connectivity index (χ4n) is 1.30. The van der Waals surface area contributed by atoms with Crippen molar-refractivity contribution in [1.29, 1.82) is 0 Å². The van der Waals surface area contributed by atoms with Gasteiger partial charge in [-0.3, -0.25) is 9.59 Å². The Bertz CT molecular complexity index is 434. The van der Waals surface area contributed by atoms with E-state index in [2.05, 4.69) is 20.8 Å². The SMILES string of the molecule is CNC(=O)c1nnccc1NC(=O)C1CC1.Cl. The molecule has 6 nitrogen and oxygen atoms in total. The van der Waals surface area contributed by atoms with Crippen molar-refractivity contribution in [3.8, 4) is 0 Å². The van der Waals surface area contributed by atoms with Crippen LogP contribution in [0.4, 0.5) is 5.69 Å². The van der Waals surface area contributed by atoms with Crippen LogP contribution in [0.25, 0.3) is 0 Å². The minimum absolute atomic E-state index is 0. The summed E-state index contributed by atoms with van der Waals surface area (Å²) in [6.07, 6.45) is 3.27. The van der Waals surface area contributed by atoms with E-state index in [-0.39, 0.29) is 35.8 Å². The Balaban J connectivity index is 0.00000144. The zero-order valence-electron chi connectivity index (χ0n) is 9.27. The number of carbonyl (C=O) groups excluding carboxylic acids is 2. The zero-order valence-corrected chi connectivity index (χ0v) is 10.1. The lowest BCUT2D eigenvalue weighted by molar-refractivity contribution is -0.117. The lowest BCUT2D eigenvalue weighted by atomic mass is 10.3. The number of hydrogen-bond donors (Lipinski definition) is 2. The summed E-state index contributed by atoms with van der Waals surface area (Å²) >= 11 is 0. The van der Waals surface area contributed by atoms with E-state index in [4.69, 9.17) is 0 Å². The van der Waals surface area contributed by atoms with Gasteiger partial charge in [0.15, 0.2) is 5.69 Å². The summed E-state index contributed by atoms with van der Waals surface area (Å²) in [5.41, 5.74) is 0.547. The van der Waals surface area contributed by atoms with Crippen molar-refractivity contribution in [1.82, 2.24) is 15.5 Å². The molecule has 7 heteroatoms. The van der Waals surface area contributed by atoms with Crippen molar-refractivity contribution in [3.63, 3.8) is 0 Å². The molecule has 0 spiro atoms. The molecule has 2 N–H and O–H groups in total. The Hall–Kier alpha value is -1.69. The van der Waals surface area contributed by atoms with Gasteiger partial charge in [-0.1, -0.05) is 0 Å². The van der Waals surface area contributed by atoms with Gasteiger partial charge >= 0.3 is 0 Å². The standard InChI is InChI=1S/C10H12N4O2.ClH/c1-11-10(16)8-7(4-5-12-14-8)13-9(15)6-2-3-6;/h4-6H,2-3H2,1H3,(H,11,16)(H,12,13,15);1H. The molecule has 92 valence electrons. The first-order chi connectivity index (χ1) is 7.72. The minimum Gasteiger partial charge on any atom is -0.354 e. The predicted octanol–water partition coefficient (Wildman–Crippen LogP) is 0.606. The van der Waals surface area contributed by atoms with Crippen LogP contribution in [0.2, 0.25) is 0 Å². The van der Waals surface area contributed by atoms with Crippen LogP contribution in [-0.2, 0) is 4.79 Å². The fraction of sp³-hybridized carbons (Fsp3) is 0.400. The van der Waals surface area contributed by atoms with Crippen LogP contribution < -0.4 is 10.6 Å². The second-order valence-electron chi connectivity index (χ2n) is 3.64. The maximum absolute atomic E-state index is 11.5. The number of nitrogens with one attached hydrogen (secondary N) is 2. The molecule has 17 heavy (non-hydrogen) atoms. The average molecular weight is 257 g/mol. The van der Waals surface area contributed by atoms with E-state index in [0.29, 0.717) is 5.69 Å². The van der Waals surface area contributed by atoms with E-state index in [1.165, 1.54) is 13.2 Å². The summed E-state index contributed by atoms with van der Waals surface area (Å²) in [6.45, 7) is 0. The molecule has 1 aromatic rings. The smallest absolute Gasteiger partial charge is 0.273 e. The van der Waals surface area contributed by atoms with E-state index in [9.17, 15) is 9.59 Å². The first kappa shape index (κ1) is 13.4. The van der Waals surface area contributed by atoms with E-state index < -0.39 is 0 Å². The molecule has 0 aromatic carbocycles. The molecule has 2 amide bonds. The maximum Gasteiger partial charge on any atom is 0.273 e. The van der Waals surface area contributed by atoms with Gasteiger partial charge in [0.2, 0.25) is 5.91 Å². The van der Waals surface area contributed by atoms with E-state index in [1.807, 2.05) is 0 Å². The first-order valence-electron chi connectivity index (χ1n) is 5.07. The number of carbonyl (C=O) groups is 2. The second kappa shape index (κ2) is 5.58. The van der Waals surface area contributed by atoms with Gasteiger partial charge in [0.05, 0.1) is 11.9 Å². The Morgan fingerprint density at radius 1 is 1.41 bits per heavy atom. The topological polar surface area (TPSA) is 84.0 Å². The number of rotatable bonds is 3. The first-order valence-corrected chi connectivity index (χ1v) is 5.07. The van der Waals surface area contributed by atoms with Gasteiger partial charge in [0, 0.05) is 13.0 Å². The normalized spacial score (nSPS) is 13.5. The van der Waals surface area contributed by atoms with Crippen molar-refractivity contribution in [2.24, 2.45) is 5.92 Å². The number of nitrogens with zero attached hydrogens (tertiary/aromatic N) is 2. The quantitative estimate of drug-likeness (QED) is 0.830. The van der Waals surface area contributed by atoms with Crippen molar-refractivity contribution < 1.29 is 9.59 Å². The lowest BCUT2D eigenvalue weighted by Crippen LogP contribution is -2.23. The molecule has 1 fully saturated rings. The molecular weight excluding hydrogens is 244 g/mol. The van der Waals surface area contributed by atoms with Gasteiger partial charge in [-0.2, -0.15) is 5.10 Å². The van der Waals surface area contributed by atoms with Crippen LogP contribution in [0.5, 0.6) is 0 Å². The number of halogens is 1. The van der Waals surface area contributed by atoms with Gasteiger partial charge in [-0.15, -0.1) is 17.5 Å². The van der Waals surface area contributed by atoms with Crippen LogP contribution in [0.1, 0.15) is 23.3 Å². The van der Waals surface area contributed by atoms with Gasteiger partial charge in [-0.05, 0) is 18.9 Å². The average Bonchev–Trinajstić information content (AvgIpc) is 3.12. The third-order valence-corrected chi connectivity index (χ3v) is 2.37. The Labute approximate surface area is 105 Å². The molecule has 0 saturated heterocycles. The molecule has 1 aliphatic rings. The summed E-state index contributed by atoms with van der Waals surface area (Å²) in [5, 5.41) is 12.5. The highest BCUT2D eigenvalue weighted by Gasteiger charge is 2.30.